The zero-order valence-electron chi connectivity index (χ0n) is 19.1. The van der Waals surface area contributed by atoms with Crippen molar-refractivity contribution >= 4 is 22.3 Å². The molecular weight excluding hydrogens is 426 g/mol. The molecule has 2 aromatic heterocycles. The largest absolute Gasteiger partial charge is 0.497 e. The molecule has 0 bridgehead atoms. The summed E-state index contributed by atoms with van der Waals surface area (Å²) in [6.45, 7) is 2.85. The van der Waals surface area contributed by atoms with Gasteiger partial charge in [-0.15, -0.1) is 0 Å². The molecule has 0 fully saturated rings. The molecule has 6 nitrogen and oxygen atoms in total. The number of rotatable bonds is 7. The van der Waals surface area contributed by atoms with Crippen molar-refractivity contribution in [1.82, 2.24) is 14.7 Å². The van der Waals surface area contributed by atoms with E-state index in [-0.39, 0.29) is 5.91 Å². The summed E-state index contributed by atoms with van der Waals surface area (Å²) in [5.74, 6) is 1.39. The molecule has 0 aliphatic heterocycles. The summed E-state index contributed by atoms with van der Waals surface area (Å²) in [7, 11) is 1.66. The van der Waals surface area contributed by atoms with Crippen LogP contribution in [0.25, 0.3) is 16.4 Å². The minimum Gasteiger partial charge on any atom is -0.497 e. The molecule has 3 aromatic carbocycles. The Balaban J connectivity index is 1.18. The van der Waals surface area contributed by atoms with Gasteiger partial charge in [0.1, 0.15) is 23.8 Å². The highest BCUT2D eigenvalue weighted by Gasteiger charge is 2.08. The van der Waals surface area contributed by atoms with Crippen molar-refractivity contribution in [2.24, 2.45) is 0 Å². The second-order valence-electron chi connectivity index (χ2n) is 8.20. The van der Waals surface area contributed by atoms with Gasteiger partial charge in [0.25, 0.3) is 5.91 Å². The molecule has 5 rings (SSSR count). The number of hydrogen-bond donors (Lipinski definition) is 1. The van der Waals surface area contributed by atoms with Gasteiger partial charge in [0, 0.05) is 24.5 Å². The van der Waals surface area contributed by atoms with E-state index in [1.807, 2.05) is 66.2 Å². The lowest BCUT2D eigenvalue weighted by molar-refractivity contribution is 0.0951. The first-order chi connectivity index (χ1) is 16.6. The van der Waals surface area contributed by atoms with Crippen molar-refractivity contribution in [2.75, 3.05) is 7.11 Å². The highest BCUT2D eigenvalue weighted by molar-refractivity contribution is 5.94. The van der Waals surface area contributed by atoms with Crippen LogP contribution >= 0.6 is 0 Å². The second kappa shape index (κ2) is 9.27. The van der Waals surface area contributed by atoms with Gasteiger partial charge in [-0.25, -0.2) is 4.98 Å². The Morgan fingerprint density at radius 2 is 1.74 bits per heavy atom. The number of benzene rings is 3. The Bertz CT molecular complexity index is 1470. The van der Waals surface area contributed by atoms with Gasteiger partial charge in [-0.05, 0) is 77.4 Å². The first-order valence-electron chi connectivity index (χ1n) is 11.1. The molecule has 6 heteroatoms. The minimum atomic E-state index is -0.128. The quantitative estimate of drug-likeness (QED) is 0.364. The van der Waals surface area contributed by atoms with E-state index in [0.717, 1.165) is 39.0 Å². The van der Waals surface area contributed by atoms with E-state index in [4.69, 9.17) is 9.47 Å². The molecule has 2 heterocycles. The Kier molecular flexibility index (Phi) is 5.87. The fourth-order valence-electron chi connectivity index (χ4n) is 3.93. The monoisotopic (exact) mass is 451 g/mol. The molecule has 34 heavy (non-hydrogen) atoms. The van der Waals surface area contributed by atoms with E-state index < -0.39 is 0 Å². The van der Waals surface area contributed by atoms with E-state index in [1.54, 1.807) is 31.4 Å². The average molecular weight is 452 g/mol. The van der Waals surface area contributed by atoms with Crippen molar-refractivity contribution in [3.8, 4) is 11.5 Å². The lowest BCUT2D eigenvalue weighted by Crippen LogP contribution is -2.22. The molecule has 0 saturated heterocycles. The van der Waals surface area contributed by atoms with Crippen LogP contribution in [0.3, 0.4) is 0 Å². The lowest BCUT2D eigenvalue weighted by atomic mass is 10.1. The van der Waals surface area contributed by atoms with Gasteiger partial charge in [-0.1, -0.05) is 24.3 Å². The summed E-state index contributed by atoms with van der Waals surface area (Å²) >= 11 is 0. The van der Waals surface area contributed by atoms with Crippen molar-refractivity contribution in [3.05, 3.63) is 108 Å². The maximum absolute atomic E-state index is 12.6. The number of aromatic nitrogens is 2. The summed E-state index contributed by atoms with van der Waals surface area (Å²) in [5, 5.41) is 5.19. The third-order valence-electron chi connectivity index (χ3n) is 5.80. The van der Waals surface area contributed by atoms with Crippen LogP contribution < -0.4 is 14.8 Å². The number of pyridine rings is 1. The number of carbonyl (C=O) groups is 1. The van der Waals surface area contributed by atoms with Crippen LogP contribution in [0.1, 0.15) is 27.2 Å². The second-order valence-corrected chi connectivity index (χ2v) is 8.20. The highest BCUT2D eigenvalue weighted by Crippen LogP contribution is 2.22. The molecule has 170 valence electrons. The van der Waals surface area contributed by atoms with Gasteiger partial charge < -0.3 is 19.2 Å². The first-order valence-corrected chi connectivity index (χ1v) is 11.1. The van der Waals surface area contributed by atoms with Crippen LogP contribution in [0.5, 0.6) is 11.5 Å². The molecule has 1 amide bonds. The molecule has 0 saturated carbocycles. The van der Waals surface area contributed by atoms with Crippen LogP contribution in [-0.4, -0.2) is 22.4 Å². The van der Waals surface area contributed by atoms with Crippen LogP contribution in [-0.2, 0) is 13.2 Å². The van der Waals surface area contributed by atoms with Gasteiger partial charge in [0.05, 0.1) is 12.8 Å². The molecule has 0 aliphatic carbocycles. The van der Waals surface area contributed by atoms with Crippen molar-refractivity contribution in [1.29, 1.82) is 0 Å². The van der Waals surface area contributed by atoms with Gasteiger partial charge in [-0.3, -0.25) is 4.79 Å². The number of ether oxygens (including phenoxy) is 2. The van der Waals surface area contributed by atoms with Gasteiger partial charge in [0.2, 0.25) is 0 Å². The SMILES string of the molecule is COc1ccc2cc(CNC(=O)c3ccc(OCc4cn5cccc(C)c5n4)cc3)ccc2c1. The van der Waals surface area contributed by atoms with Crippen LogP contribution in [0.4, 0.5) is 0 Å². The van der Waals surface area contributed by atoms with Crippen LogP contribution in [0.2, 0.25) is 0 Å². The number of carbonyl (C=O) groups excluding carboxylic acids is 1. The molecule has 0 unspecified atom stereocenters. The van der Waals surface area contributed by atoms with E-state index in [9.17, 15) is 4.79 Å². The number of imidazole rings is 1. The highest BCUT2D eigenvalue weighted by atomic mass is 16.5. The Morgan fingerprint density at radius 1 is 0.971 bits per heavy atom. The van der Waals surface area contributed by atoms with Gasteiger partial charge in [-0.2, -0.15) is 0 Å². The Hall–Kier alpha value is -4.32. The van der Waals surface area contributed by atoms with E-state index in [1.165, 1.54) is 0 Å². The number of hydrogen-bond acceptors (Lipinski definition) is 4. The first kappa shape index (κ1) is 21.5. The minimum absolute atomic E-state index is 0.128. The predicted octanol–water partition coefficient (Wildman–Crippen LogP) is 5.31. The molecule has 1 N–H and O–H groups in total. The maximum Gasteiger partial charge on any atom is 0.251 e. The zero-order valence-corrected chi connectivity index (χ0v) is 19.1. The predicted molar refractivity (Wildman–Crippen MR) is 132 cm³/mol. The van der Waals surface area contributed by atoms with Gasteiger partial charge >= 0.3 is 0 Å². The molecule has 5 aromatic rings. The van der Waals surface area contributed by atoms with E-state index in [2.05, 4.69) is 16.4 Å². The number of amides is 1. The number of fused-ring (bicyclic) bond motifs is 2. The Labute approximate surface area is 197 Å². The number of aryl methyl sites for hydroxylation is 1. The summed E-state index contributed by atoms with van der Waals surface area (Å²) in [5.41, 5.74) is 4.52. The van der Waals surface area contributed by atoms with Crippen molar-refractivity contribution in [3.63, 3.8) is 0 Å². The lowest BCUT2D eigenvalue weighted by Gasteiger charge is -2.09. The third kappa shape index (κ3) is 4.57. The summed E-state index contributed by atoms with van der Waals surface area (Å²) in [6.07, 6.45) is 3.94. The maximum atomic E-state index is 12.6. The van der Waals surface area contributed by atoms with Crippen LogP contribution in [0, 0.1) is 6.92 Å². The van der Waals surface area contributed by atoms with Crippen molar-refractivity contribution in [2.45, 2.75) is 20.1 Å². The van der Waals surface area contributed by atoms with E-state index >= 15 is 0 Å². The Morgan fingerprint density at radius 3 is 2.53 bits per heavy atom. The average Bonchev–Trinajstić information content (AvgIpc) is 3.30. The number of methoxy groups -OCH3 is 1. The fraction of sp³-hybridized carbons (Fsp3) is 0.143. The summed E-state index contributed by atoms with van der Waals surface area (Å²) in [4.78, 5) is 17.2. The van der Waals surface area contributed by atoms with Crippen LogP contribution in [0.15, 0.2) is 85.2 Å². The number of nitrogens with zero attached hydrogens (tertiary/aromatic N) is 2. The standard InChI is InChI=1S/C28H25N3O3/c1-19-4-3-13-31-17-24(30-27(19)31)18-34-25-10-7-21(8-11-25)28(32)29-16-20-5-6-23-15-26(33-2)12-9-22(23)14-20/h3-15,17H,16,18H2,1-2H3,(H,29,32). The zero-order chi connectivity index (χ0) is 23.5. The fourth-order valence-corrected chi connectivity index (χ4v) is 3.93. The molecular formula is C28H25N3O3. The smallest absolute Gasteiger partial charge is 0.251 e. The number of nitrogens with one attached hydrogen (secondary N) is 1. The van der Waals surface area contributed by atoms with E-state index in [0.29, 0.717) is 24.5 Å². The molecule has 0 radical (unpaired) electrons. The van der Waals surface area contributed by atoms with Gasteiger partial charge in [0.15, 0.2) is 0 Å². The summed E-state index contributed by atoms with van der Waals surface area (Å²) < 4.78 is 13.1. The normalized spacial score (nSPS) is 11.0. The molecule has 0 aliphatic rings. The summed E-state index contributed by atoms with van der Waals surface area (Å²) in [6, 6.07) is 23.3. The third-order valence-corrected chi connectivity index (χ3v) is 5.80. The molecule has 0 atom stereocenters. The van der Waals surface area contributed by atoms with Crippen molar-refractivity contribution < 1.29 is 14.3 Å². The topological polar surface area (TPSA) is 64.9 Å². The molecule has 0 spiro atoms.